The molecule has 1 N–H and O–H groups in total. The van der Waals surface area contributed by atoms with Crippen molar-refractivity contribution in [3.8, 4) is 5.75 Å². The second-order valence-corrected chi connectivity index (χ2v) is 8.41. The Morgan fingerprint density at radius 3 is 2.68 bits per heavy atom. The highest BCUT2D eigenvalue weighted by atomic mass is 35.5. The van der Waals surface area contributed by atoms with E-state index in [0.29, 0.717) is 29.3 Å². The lowest BCUT2D eigenvalue weighted by Gasteiger charge is -2.36. The van der Waals surface area contributed by atoms with Gasteiger partial charge in [0, 0.05) is 17.1 Å². The summed E-state index contributed by atoms with van der Waals surface area (Å²) in [5, 5.41) is 11.1. The molecule has 3 aromatic rings. The van der Waals surface area contributed by atoms with Crippen LogP contribution in [-0.4, -0.2) is 35.4 Å². The zero-order valence-corrected chi connectivity index (χ0v) is 19.3. The van der Waals surface area contributed by atoms with Crippen LogP contribution in [0.5, 0.6) is 5.75 Å². The molecule has 1 heterocycles. The number of hydrogen-bond donors (Lipinski definition) is 1. The van der Waals surface area contributed by atoms with Crippen LogP contribution in [-0.2, 0) is 27.4 Å². The van der Waals surface area contributed by atoms with Gasteiger partial charge in [-0.3, -0.25) is 0 Å². The van der Waals surface area contributed by atoms with Gasteiger partial charge in [0.2, 0.25) is 0 Å². The monoisotopic (exact) mass is 481 g/mol. The number of rotatable bonds is 7. The third-order valence-electron chi connectivity index (χ3n) is 5.49. The zero-order valence-electron chi connectivity index (χ0n) is 18.6. The van der Waals surface area contributed by atoms with E-state index in [-0.39, 0.29) is 6.61 Å². The summed E-state index contributed by atoms with van der Waals surface area (Å²) in [6.45, 7) is 1.95. The smallest absolute Gasteiger partial charge is 0.482 e. The number of carbonyl (C=O) groups is 2. The van der Waals surface area contributed by atoms with Gasteiger partial charge in [0.15, 0.2) is 6.61 Å². The van der Waals surface area contributed by atoms with E-state index >= 15 is 0 Å². The van der Waals surface area contributed by atoms with Crippen LogP contribution in [0.3, 0.4) is 0 Å². The van der Waals surface area contributed by atoms with Crippen molar-refractivity contribution in [3.05, 3.63) is 99.6 Å². The second-order valence-electron chi connectivity index (χ2n) is 7.98. The molecule has 0 saturated carbocycles. The molecule has 8 heteroatoms. The minimum absolute atomic E-state index is 0.0831. The second kappa shape index (κ2) is 10.6. The van der Waals surface area contributed by atoms with E-state index in [9.17, 15) is 9.59 Å². The first-order chi connectivity index (χ1) is 16.4. The largest absolute Gasteiger partial charge is 0.528 e. The Morgan fingerprint density at radius 2 is 1.88 bits per heavy atom. The first kappa shape index (κ1) is 23.6. The first-order valence-electron chi connectivity index (χ1n) is 10.8. The summed E-state index contributed by atoms with van der Waals surface area (Å²) in [7, 11) is 0. The molecule has 0 spiro atoms. The van der Waals surface area contributed by atoms with Crippen molar-refractivity contribution in [2.45, 2.75) is 26.0 Å². The number of carboxylic acid groups (broad SMARTS) is 1. The van der Waals surface area contributed by atoms with Gasteiger partial charge in [-0.15, -0.1) is 5.06 Å². The van der Waals surface area contributed by atoms with Crippen molar-refractivity contribution in [3.63, 3.8) is 0 Å². The third-order valence-corrected chi connectivity index (χ3v) is 5.72. The highest BCUT2D eigenvalue weighted by Crippen LogP contribution is 2.40. The lowest BCUT2D eigenvalue weighted by molar-refractivity contribution is -0.152. The molecule has 34 heavy (non-hydrogen) atoms. The number of nitrogens with zero attached hydrogens (tertiary/aromatic N) is 1. The van der Waals surface area contributed by atoms with Gasteiger partial charge >= 0.3 is 12.1 Å². The quantitative estimate of drug-likeness (QED) is 0.456. The molecule has 1 atom stereocenters. The summed E-state index contributed by atoms with van der Waals surface area (Å²) >= 11 is 6.29. The molecule has 4 rings (SSSR count). The van der Waals surface area contributed by atoms with Crippen LogP contribution < -0.4 is 4.74 Å². The van der Waals surface area contributed by atoms with E-state index < -0.39 is 24.8 Å². The predicted octanol–water partition coefficient (Wildman–Crippen LogP) is 5.33. The summed E-state index contributed by atoms with van der Waals surface area (Å²) in [5.74, 6) is -0.756. The molecule has 1 unspecified atom stereocenters. The number of aliphatic carboxylic acids is 1. The van der Waals surface area contributed by atoms with E-state index in [1.165, 1.54) is 5.06 Å². The molecule has 0 aromatic heterocycles. The van der Waals surface area contributed by atoms with Gasteiger partial charge in [0.25, 0.3) is 0 Å². The molecule has 7 nitrogen and oxygen atoms in total. The Morgan fingerprint density at radius 1 is 1.06 bits per heavy atom. The highest BCUT2D eigenvalue weighted by Gasteiger charge is 2.34. The molecule has 1 aliphatic heterocycles. The van der Waals surface area contributed by atoms with Crippen LogP contribution >= 0.6 is 11.6 Å². The van der Waals surface area contributed by atoms with Crippen molar-refractivity contribution in [1.29, 1.82) is 0 Å². The number of halogens is 1. The zero-order chi connectivity index (χ0) is 24.1. The fourth-order valence-corrected chi connectivity index (χ4v) is 4.22. The number of hydroxylamine groups is 2. The number of aryl methyl sites for hydroxylation is 1. The standard InChI is InChI=1S/C26H24ClNO6/c1-17-5-4-6-18(13-17)15-33-26(31)34-28-12-11-19-7-2-3-8-21(19)25(28)22-14-20(27)9-10-23(22)32-16-24(29)30/h2-10,13-14,25H,11-12,15-16H2,1H3,(H,29,30). The molecule has 0 radical (unpaired) electrons. The van der Waals surface area contributed by atoms with Crippen molar-refractivity contribution < 1.29 is 29.0 Å². The maximum Gasteiger partial charge on any atom is 0.528 e. The van der Waals surface area contributed by atoms with Crippen molar-refractivity contribution >= 4 is 23.7 Å². The van der Waals surface area contributed by atoms with E-state index in [0.717, 1.165) is 22.3 Å². The van der Waals surface area contributed by atoms with Gasteiger partial charge in [-0.25, -0.2) is 9.59 Å². The molecular weight excluding hydrogens is 458 g/mol. The molecule has 0 aliphatic carbocycles. The summed E-state index contributed by atoms with van der Waals surface area (Å²) in [6.07, 6.45) is -0.176. The van der Waals surface area contributed by atoms with Gasteiger partial charge in [-0.05, 0) is 48.2 Å². The van der Waals surface area contributed by atoms with Crippen LogP contribution in [0.15, 0.2) is 66.7 Å². The van der Waals surface area contributed by atoms with E-state index in [1.807, 2.05) is 55.5 Å². The topological polar surface area (TPSA) is 85.3 Å². The summed E-state index contributed by atoms with van der Waals surface area (Å²) < 4.78 is 10.9. The lowest BCUT2D eigenvalue weighted by atomic mass is 9.89. The van der Waals surface area contributed by atoms with E-state index in [4.69, 9.17) is 31.0 Å². The van der Waals surface area contributed by atoms with Crippen molar-refractivity contribution in [2.24, 2.45) is 0 Å². The molecule has 3 aromatic carbocycles. The van der Waals surface area contributed by atoms with Crippen LogP contribution in [0.2, 0.25) is 5.02 Å². The van der Waals surface area contributed by atoms with Gasteiger partial charge < -0.3 is 19.4 Å². The number of hydrogen-bond acceptors (Lipinski definition) is 6. The van der Waals surface area contributed by atoms with Gasteiger partial charge in [-0.1, -0.05) is 65.7 Å². The summed E-state index contributed by atoms with van der Waals surface area (Å²) in [5.41, 5.74) is 4.51. The molecule has 176 valence electrons. The van der Waals surface area contributed by atoms with Crippen LogP contribution in [0.4, 0.5) is 4.79 Å². The average molecular weight is 482 g/mol. The molecular formula is C26H24ClNO6. The molecule has 0 fully saturated rings. The maximum absolute atomic E-state index is 12.6. The minimum atomic E-state index is -1.10. The van der Waals surface area contributed by atoms with Gasteiger partial charge in [0.05, 0.1) is 6.04 Å². The highest BCUT2D eigenvalue weighted by molar-refractivity contribution is 6.30. The van der Waals surface area contributed by atoms with E-state index in [2.05, 4.69) is 0 Å². The molecule has 0 saturated heterocycles. The Hall–Kier alpha value is -3.55. The normalized spacial score (nSPS) is 15.3. The van der Waals surface area contributed by atoms with Crippen LogP contribution in [0.1, 0.15) is 33.9 Å². The average Bonchev–Trinajstić information content (AvgIpc) is 2.82. The molecule has 0 amide bonds. The van der Waals surface area contributed by atoms with Crippen molar-refractivity contribution in [1.82, 2.24) is 5.06 Å². The molecule has 1 aliphatic rings. The molecule has 0 bridgehead atoms. The number of fused-ring (bicyclic) bond motifs is 1. The fourth-order valence-electron chi connectivity index (χ4n) is 4.03. The summed E-state index contributed by atoms with van der Waals surface area (Å²) in [6, 6.07) is 19.8. The number of benzene rings is 3. The van der Waals surface area contributed by atoms with Gasteiger partial charge in [0.1, 0.15) is 12.4 Å². The predicted molar refractivity (Wildman–Crippen MR) is 126 cm³/mol. The van der Waals surface area contributed by atoms with Crippen LogP contribution in [0, 0.1) is 6.92 Å². The number of carbonyl (C=O) groups excluding carboxylic acids is 1. The Bertz CT molecular complexity index is 1200. The Kier molecular flexibility index (Phi) is 7.35. The minimum Gasteiger partial charge on any atom is -0.482 e. The SMILES string of the molecule is Cc1cccc(COC(=O)ON2CCc3ccccc3C2c2cc(Cl)ccc2OCC(=O)O)c1. The maximum atomic E-state index is 12.6. The van der Waals surface area contributed by atoms with Crippen LogP contribution in [0.25, 0.3) is 0 Å². The van der Waals surface area contributed by atoms with Gasteiger partial charge in [-0.2, -0.15) is 0 Å². The van der Waals surface area contributed by atoms with Crippen molar-refractivity contribution in [2.75, 3.05) is 13.2 Å². The Balaban J connectivity index is 1.61. The fraction of sp³-hybridized carbons (Fsp3) is 0.231. The van der Waals surface area contributed by atoms with E-state index in [1.54, 1.807) is 18.2 Å². The Labute approximate surface area is 202 Å². The third kappa shape index (κ3) is 5.68. The number of carboxylic acids is 1. The lowest BCUT2D eigenvalue weighted by Crippen LogP contribution is -2.38. The first-order valence-corrected chi connectivity index (χ1v) is 11.2. The number of ether oxygens (including phenoxy) is 2. The summed E-state index contributed by atoms with van der Waals surface area (Å²) in [4.78, 5) is 29.3.